The lowest BCUT2D eigenvalue weighted by molar-refractivity contribution is -0.146. The van der Waals surface area contributed by atoms with E-state index in [4.69, 9.17) is 9.47 Å². The second-order valence-electron chi connectivity index (χ2n) is 9.07. The van der Waals surface area contributed by atoms with Gasteiger partial charge in [0.2, 0.25) is 0 Å². The van der Waals surface area contributed by atoms with Gasteiger partial charge < -0.3 is 14.8 Å². The zero-order chi connectivity index (χ0) is 22.6. The Morgan fingerprint density at radius 3 is 2.72 bits per heavy atom. The summed E-state index contributed by atoms with van der Waals surface area (Å²) in [5.41, 5.74) is 1.40. The number of carbonyl (C=O) groups excluding carboxylic acids is 1. The zero-order valence-corrected chi connectivity index (χ0v) is 19.2. The van der Waals surface area contributed by atoms with E-state index in [0.717, 1.165) is 51.1 Å². The van der Waals surface area contributed by atoms with Gasteiger partial charge in [-0.25, -0.2) is 0 Å². The summed E-state index contributed by atoms with van der Waals surface area (Å²) in [4.78, 5) is 15.3. The molecule has 0 radical (unpaired) electrons. The fourth-order valence-electron chi connectivity index (χ4n) is 5.83. The molecule has 1 heterocycles. The zero-order valence-electron chi connectivity index (χ0n) is 19.2. The molecule has 2 aliphatic rings. The number of hydrogen-bond acceptors (Lipinski definition) is 4. The summed E-state index contributed by atoms with van der Waals surface area (Å²) in [5.74, 6) is 0.844. The molecule has 32 heavy (non-hydrogen) atoms. The van der Waals surface area contributed by atoms with Crippen molar-refractivity contribution in [3.8, 4) is 5.75 Å². The van der Waals surface area contributed by atoms with E-state index in [2.05, 4.69) is 35.0 Å². The molecule has 1 N–H and O–H groups in total. The van der Waals surface area contributed by atoms with E-state index >= 15 is 0 Å². The molecule has 1 saturated carbocycles. The maximum absolute atomic E-state index is 12.9. The summed E-state index contributed by atoms with van der Waals surface area (Å²) < 4.78 is 12.0. The minimum absolute atomic E-state index is 0.00889. The summed E-state index contributed by atoms with van der Waals surface area (Å²) >= 11 is 0. The van der Waals surface area contributed by atoms with Crippen LogP contribution < -0.4 is 10.1 Å². The third-order valence-corrected chi connectivity index (χ3v) is 7.47. The van der Waals surface area contributed by atoms with Crippen LogP contribution in [0, 0.1) is 0 Å². The molecule has 3 unspecified atom stereocenters. The van der Waals surface area contributed by atoms with E-state index in [-0.39, 0.29) is 23.0 Å². The van der Waals surface area contributed by atoms with Gasteiger partial charge in [0.15, 0.2) is 0 Å². The Balaban J connectivity index is 1.68. The second kappa shape index (κ2) is 9.47. The topological polar surface area (TPSA) is 50.8 Å². The van der Waals surface area contributed by atoms with Crippen molar-refractivity contribution < 1.29 is 14.3 Å². The number of nitrogens with one attached hydrogen (secondary N) is 1. The van der Waals surface area contributed by atoms with Gasteiger partial charge in [0.05, 0.1) is 12.7 Å². The lowest BCUT2D eigenvalue weighted by atomic mass is 9.55. The smallest absolute Gasteiger partial charge is 0.251 e. The molecule has 1 aliphatic heterocycles. The normalized spacial score (nSPS) is 27.9. The molecule has 2 fully saturated rings. The number of carbonyl (C=O) groups is 1. The van der Waals surface area contributed by atoms with E-state index in [0.29, 0.717) is 5.56 Å². The molecule has 4 rings (SSSR count). The minimum atomic E-state index is -0.325. The number of ether oxygens (including phenoxy) is 2. The molecule has 1 amide bonds. The van der Waals surface area contributed by atoms with E-state index < -0.39 is 0 Å². The highest BCUT2D eigenvalue weighted by Crippen LogP contribution is 2.53. The number of methoxy groups -OCH3 is 2. The summed E-state index contributed by atoms with van der Waals surface area (Å²) in [6.45, 7) is 6.61. The molecule has 5 nitrogen and oxygen atoms in total. The maximum Gasteiger partial charge on any atom is 0.251 e. The molecular formula is C27H34N2O3. The first kappa shape index (κ1) is 22.6. The van der Waals surface area contributed by atoms with Crippen LogP contribution in [-0.2, 0) is 10.2 Å². The summed E-state index contributed by atoms with van der Waals surface area (Å²) in [7, 11) is 3.55. The molecule has 0 bridgehead atoms. The van der Waals surface area contributed by atoms with Crippen LogP contribution in [0.4, 0.5) is 0 Å². The van der Waals surface area contributed by atoms with Crippen LogP contribution in [0.15, 0.2) is 67.3 Å². The molecular weight excluding hydrogens is 400 g/mol. The van der Waals surface area contributed by atoms with E-state index in [1.54, 1.807) is 7.11 Å². The summed E-state index contributed by atoms with van der Waals surface area (Å²) in [6.07, 6.45) is 5.54. The van der Waals surface area contributed by atoms with E-state index in [1.807, 2.05) is 49.6 Å². The van der Waals surface area contributed by atoms with Crippen molar-refractivity contribution in [1.82, 2.24) is 10.2 Å². The molecule has 0 aromatic heterocycles. The van der Waals surface area contributed by atoms with Gasteiger partial charge in [-0.15, -0.1) is 6.58 Å². The van der Waals surface area contributed by atoms with Gasteiger partial charge in [-0.3, -0.25) is 9.69 Å². The first-order valence-corrected chi connectivity index (χ1v) is 11.4. The van der Waals surface area contributed by atoms with Gasteiger partial charge in [-0.05, 0) is 62.1 Å². The average molecular weight is 435 g/mol. The highest BCUT2D eigenvalue weighted by molar-refractivity contribution is 5.94. The fourth-order valence-corrected chi connectivity index (χ4v) is 5.83. The monoisotopic (exact) mass is 434 g/mol. The maximum atomic E-state index is 12.9. The highest BCUT2D eigenvalue weighted by atomic mass is 16.5. The Morgan fingerprint density at radius 2 is 2.00 bits per heavy atom. The number of rotatable bonds is 7. The van der Waals surface area contributed by atoms with Crippen molar-refractivity contribution in [3.05, 3.63) is 78.4 Å². The fraction of sp³-hybridized carbons (Fsp3) is 0.444. The van der Waals surface area contributed by atoms with Crippen molar-refractivity contribution in [2.45, 2.75) is 42.7 Å². The Kier molecular flexibility index (Phi) is 6.68. The van der Waals surface area contributed by atoms with E-state index in [1.165, 1.54) is 5.56 Å². The first-order chi connectivity index (χ1) is 15.6. The van der Waals surface area contributed by atoms with Gasteiger partial charge in [-0.2, -0.15) is 0 Å². The van der Waals surface area contributed by atoms with Crippen LogP contribution in [0.3, 0.4) is 0 Å². The average Bonchev–Trinajstić information content (AvgIpc) is 2.84. The molecule has 3 atom stereocenters. The van der Waals surface area contributed by atoms with Gasteiger partial charge in [0.25, 0.3) is 5.91 Å². The Bertz CT molecular complexity index is 947. The van der Waals surface area contributed by atoms with E-state index in [9.17, 15) is 4.79 Å². The minimum Gasteiger partial charge on any atom is -0.497 e. The van der Waals surface area contributed by atoms with Crippen LogP contribution in [0.1, 0.15) is 41.6 Å². The highest BCUT2D eigenvalue weighted by Gasteiger charge is 2.58. The van der Waals surface area contributed by atoms with Gasteiger partial charge in [0, 0.05) is 37.2 Å². The quantitative estimate of drug-likeness (QED) is 0.664. The Hall–Kier alpha value is -2.63. The third-order valence-electron chi connectivity index (χ3n) is 7.47. The lowest BCUT2D eigenvalue weighted by Crippen LogP contribution is -2.67. The van der Waals surface area contributed by atoms with Crippen LogP contribution >= 0.6 is 0 Å². The van der Waals surface area contributed by atoms with Crippen LogP contribution in [0.2, 0.25) is 0 Å². The molecule has 2 aromatic rings. The van der Waals surface area contributed by atoms with Gasteiger partial charge in [0.1, 0.15) is 5.75 Å². The number of nitrogens with zero attached hydrogens (tertiary/aromatic N) is 1. The number of likely N-dealkylation sites (tertiary alicyclic amines) is 1. The summed E-state index contributed by atoms with van der Waals surface area (Å²) in [5, 5.41) is 3.31. The first-order valence-electron chi connectivity index (χ1n) is 11.4. The molecule has 170 valence electrons. The summed E-state index contributed by atoms with van der Waals surface area (Å²) in [6, 6.07) is 17.9. The van der Waals surface area contributed by atoms with Crippen molar-refractivity contribution >= 4 is 5.91 Å². The van der Waals surface area contributed by atoms with Gasteiger partial charge >= 0.3 is 0 Å². The van der Waals surface area contributed by atoms with Crippen molar-refractivity contribution in [3.63, 3.8) is 0 Å². The number of hydrogen-bond donors (Lipinski definition) is 1. The van der Waals surface area contributed by atoms with Crippen molar-refractivity contribution in [1.29, 1.82) is 0 Å². The predicted molar refractivity (Wildman–Crippen MR) is 127 cm³/mol. The molecule has 0 spiro atoms. The van der Waals surface area contributed by atoms with Crippen molar-refractivity contribution in [2.24, 2.45) is 0 Å². The second-order valence-corrected chi connectivity index (χ2v) is 9.07. The predicted octanol–water partition coefficient (Wildman–Crippen LogP) is 4.19. The number of amides is 1. The standard InChI is InChI=1S/C27H34N2O3/c1-4-16-29-17-15-26(22-11-8-12-24(18-22)31-2)19-23(13-14-27(26,20-29)32-3)28-25(30)21-9-6-5-7-10-21/h4-12,18,23H,1,13-17,19-20H2,2-3H3,(H,28,30). The number of benzene rings is 2. The molecule has 1 aliphatic carbocycles. The van der Waals surface area contributed by atoms with Crippen molar-refractivity contribution in [2.75, 3.05) is 33.9 Å². The molecule has 5 heteroatoms. The van der Waals surface area contributed by atoms with Gasteiger partial charge in [-0.1, -0.05) is 36.4 Å². The molecule has 2 aromatic carbocycles. The van der Waals surface area contributed by atoms with Crippen LogP contribution in [-0.4, -0.2) is 56.3 Å². The third kappa shape index (κ3) is 4.07. The Morgan fingerprint density at radius 1 is 1.19 bits per heavy atom. The number of piperidine rings is 1. The Labute approximate surface area is 191 Å². The molecule has 1 saturated heterocycles. The van der Waals surface area contributed by atoms with Crippen LogP contribution in [0.25, 0.3) is 0 Å². The lowest BCUT2D eigenvalue weighted by Gasteiger charge is -2.59. The SMILES string of the molecule is C=CCN1CCC2(c3cccc(OC)c3)CC(NC(=O)c3ccccc3)CCC2(OC)C1. The largest absolute Gasteiger partial charge is 0.497 e. The number of fused-ring (bicyclic) bond motifs is 1. The van der Waals surface area contributed by atoms with Crippen LogP contribution in [0.5, 0.6) is 5.75 Å².